The molecule has 0 unspecified atom stereocenters. The fraction of sp³-hybridized carbons (Fsp3) is 0.208. The van der Waals surface area contributed by atoms with Gasteiger partial charge in [0, 0.05) is 12.4 Å². The third-order valence-corrected chi connectivity index (χ3v) is 5.77. The van der Waals surface area contributed by atoms with Gasteiger partial charge in [0.05, 0.1) is 17.4 Å². The topological polar surface area (TPSA) is 62.7 Å². The number of fused-ring (bicyclic) bond motifs is 1. The van der Waals surface area contributed by atoms with Gasteiger partial charge in [0.25, 0.3) is 5.91 Å². The zero-order valence-corrected chi connectivity index (χ0v) is 16.7. The lowest BCUT2D eigenvalue weighted by Gasteiger charge is -2.29. The molecule has 2 fully saturated rings. The molecule has 2 aliphatic heterocycles. The summed E-state index contributed by atoms with van der Waals surface area (Å²) in [6.45, 7) is 3.90. The Bertz CT molecular complexity index is 1120. The Morgan fingerprint density at radius 2 is 1.63 bits per heavy atom. The molecule has 0 bridgehead atoms. The molecule has 2 saturated heterocycles. The van der Waals surface area contributed by atoms with Gasteiger partial charge in [-0.1, -0.05) is 35.9 Å². The number of aromatic nitrogens is 1. The summed E-state index contributed by atoms with van der Waals surface area (Å²) < 4.78 is 0. The standard InChI is InChI=1S/C24H21N3O3/c1-15-8-9-19(16(2)14-15)26-23(28)20-21(17-10-12-25-13-11-17)27(30-22(20)24(26)29)18-6-4-3-5-7-18/h3-14,20-22H,1-2H3/t20-,21+,22-/m0/s1. The lowest BCUT2D eigenvalue weighted by Crippen LogP contribution is -2.37. The number of carbonyl (C=O) groups is 2. The quantitative estimate of drug-likeness (QED) is 0.628. The van der Waals surface area contributed by atoms with Crippen LogP contribution in [0.1, 0.15) is 22.7 Å². The Balaban J connectivity index is 1.59. The molecule has 0 radical (unpaired) electrons. The van der Waals surface area contributed by atoms with Crippen LogP contribution >= 0.6 is 0 Å². The van der Waals surface area contributed by atoms with E-state index in [2.05, 4.69) is 4.98 Å². The Hall–Kier alpha value is -3.51. The van der Waals surface area contributed by atoms with E-state index in [1.54, 1.807) is 17.5 Å². The van der Waals surface area contributed by atoms with Crippen LogP contribution in [-0.2, 0) is 14.4 Å². The van der Waals surface area contributed by atoms with Crippen LogP contribution in [0.25, 0.3) is 0 Å². The molecular formula is C24H21N3O3. The van der Waals surface area contributed by atoms with Crippen LogP contribution in [-0.4, -0.2) is 22.9 Å². The molecule has 6 heteroatoms. The summed E-state index contributed by atoms with van der Waals surface area (Å²) >= 11 is 0. The van der Waals surface area contributed by atoms with Crippen LogP contribution in [0.3, 0.4) is 0 Å². The van der Waals surface area contributed by atoms with Gasteiger partial charge in [-0.3, -0.25) is 19.4 Å². The number of pyridine rings is 1. The lowest BCUT2D eigenvalue weighted by atomic mass is 9.91. The Kier molecular flexibility index (Phi) is 4.37. The minimum atomic E-state index is -0.864. The minimum absolute atomic E-state index is 0.239. The van der Waals surface area contributed by atoms with Crippen molar-refractivity contribution in [1.82, 2.24) is 4.98 Å². The predicted molar refractivity (Wildman–Crippen MR) is 113 cm³/mol. The molecule has 3 aromatic rings. The second kappa shape index (κ2) is 7.07. The number of anilines is 2. The van der Waals surface area contributed by atoms with E-state index in [9.17, 15) is 9.59 Å². The van der Waals surface area contributed by atoms with Crippen molar-refractivity contribution in [2.24, 2.45) is 5.92 Å². The second-order valence-electron chi connectivity index (χ2n) is 7.74. The average molecular weight is 399 g/mol. The van der Waals surface area contributed by atoms with E-state index in [-0.39, 0.29) is 11.8 Å². The molecule has 3 heterocycles. The number of nitrogens with zero attached hydrogens (tertiary/aromatic N) is 3. The van der Waals surface area contributed by atoms with Gasteiger partial charge in [-0.2, -0.15) is 0 Å². The molecule has 2 aliphatic rings. The SMILES string of the molecule is Cc1ccc(N2C(=O)[C@@H]3[C@H](ON(c4ccccc4)[C@@H]3c3ccncc3)C2=O)c(C)c1. The average Bonchev–Trinajstić information content (AvgIpc) is 3.26. The zero-order valence-electron chi connectivity index (χ0n) is 16.7. The Labute approximate surface area is 174 Å². The number of para-hydroxylation sites is 1. The summed E-state index contributed by atoms with van der Waals surface area (Å²) in [5.41, 5.74) is 4.26. The fourth-order valence-corrected chi connectivity index (χ4v) is 4.41. The van der Waals surface area contributed by atoms with Crippen LogP contribution in [0.2, 0.25) is 0 Å². The maximum absolute atomic E-state index is 13.6. The second-order valence-corrected chi connectivity index (χ2v) is 7.74. The van der Waals surface area contributed by atoms with Gasteiger partial charge in [0.2, 0.25) is 5.91 Å². The largest absolute Gasteiger partial charge is 0.273 e. The van der Waals surface area contributed by atoms with E-state index in [0.29, 0.717) is 5.69 Å². The Morgan fingerprint density at radius 1 is 0.900 bits per heavy atom. The molecule has 0 N–H and O–H groups in total. The lowest BCUT2D eigenvalue weighted by molar-refractivity contribution is -0.126. The van der Waals surface area contributed by atoms with Crippen LogP contribution in [0.15, 0.2) is 73.1 Å². The molecule has 5 rings (SSSR count). The van der Waals surface area contributed by atoms with Crippen molar-refractivity contribution in [2.45, 2.75) is 26.0 Å². The highest BCUT2D eigenvalue weighted by atomic mass is 16.7. The molecule has 150 valence electrons. The van der Waals surface area contributed by atoms with Crippen molar-refractivity contribution < 1.29 is 14.4 Å². The van der Waals surface area contributed by atoms with E-state index in [4.69, 9.17) is 4.84 Å². The van der Waals surface area contributed by atoms with Gasteiger partial charge in [-0.05, 0) is 55.3 Å². The molecule has 0 saturated carbocycles. The number of benzene rings is 2. The fourth-order valence-electron chi connectivity index (χ4n) is 4.41. The summed E-state index contributed by atoms with van der Waals surface area (Å²) in [5, 5.41) is 1.69. The molecule has 0 aliphatic carbocycles. The number of aryl methyl sites for hydroxylation is 2. The van der Waals surface area contributed by atoms with E-state index < -0.39 is 18.1 Å². The summed E-state index contributed by atoms with van der Waals surface area (Å²) in [6.07, 6.45) is 2.51. The smallest absolute Gasteiger partial charge is 0.266 e. The van der Waals surface area contributed by atoms with Gasteiger partial charge in [-0.25, -0.2) is 9.96 Å². The number of hydrogen-bond acceptors (Lipinski definition) is 5. The highest BCUT2D eigenvalue weighted by Gasteiger charge is 2.60. The zero-order chi connectivity index (χ0) is 20.8. The number of hydroxylamine groups is 1. The van der Waals surface area contributed by atoms with Crippen molar-refractivity contribution in [1.29, 1.82) is 0 Å². The summed E-state index contributed by atoms with van der Waals surface area (Å²) in [7, 11) is 0. The Morgan fingerprint density at radius 3 is 2.33 bits per heavy atom. The van der Waals surface area contributed by atoms with E-state index in [0.717, 1.165) is 22.4 Å². The minimum Gasteiger partial charge on any atom is -0.273 e. The molecule has 6 nitrogen and oxygen atoms in total. The maximum Gasteiger partial charge on any atom is 0.266 e. The van der Waals surface area contributed by atoms with E-state index in [1.807, 2.05) is 74.5 Å². The number of amides is 2. The first-order chi connectivity index (χ1) is 14.6. The van der Waals surface area contributed by atoms with Crippen molar-refractivity contribution in [3.8, 4) is 0 Å². The van der Waals surface area contributed by atoms with Crippen molar-refractivity contribution in [2.75, 3.05) is 9.96 Å². The molecule has 3 atom stereocenters. The van der Waals surface area contributed by atoms with Crippen molar-refractivity contribution >= 4 is 23.2 Å². The number of rotatable bonds is 3. The van der Waals surface area contributed by atoms with E-state index in [1.165, 1.54) is 4.90 Å². The highest BCUT2D eigenvalue weighted by Crippen LogP contribution is 2.47. The van der Waals surface area contributed by atoms with E-state index >= 15 is 0 Å². The first-order valence-electron chi connectivity index (χ1n) is 9.92. The predicted octanol–water partition coefficient (Wildman–Crippen LogP) is 3.75. The number of carbonyl (C=O) groups excluding carboxylic acids is 2. The van der Waals surface area contributed by atoms with Gasteiger partial charge in [0.1, 0.15) is 5.92 Å². The molecule has 1 aromatic heterocycles. The van der Waals surface area contributed by atoms with Crippen LogP contribution in [0.4, 0.5) is 11.4 Å². The number of hydrogen-bond donors (Lipinski definition) is 0. The number of imide groups is 1. The molecule has 2 amide bonds. The maximum atomic E-state index is 13.6. The molecule has 30 heavy (non-hydrogen) atoms. The third-order valence-electron chi connectivity index (χ3n) is 5.77. The normalized spacial score (nSPS) is 23.2. The van der Waals surface area contributed by atoms with Crippen LogP contribution in [0, 0.1) is 19.8 Å². The van der Waals surface area contributed by atoms with Crippen LogP contribution < -0.4 is 9.96 Å². The van der Waals surface area contributed by atoms with Gasteiger partial charge in [0.15, 0.2) is 6.10 Å². The summed E-state index contributed by atoms with van der Waals surface area (Å²) in [6, 6.07) is 18.6. The van der Waals surface area contributed by atoms with Gasteiger partial charge >= 0.3 is 0 Å². The summed E-state index contributed by atoms with van der Waals surface area (Å²) in [4.78, 5) is 38.4. The van der Waals surface area contributed by atoms with Crippen molar-refractivity contribution in [3.05, 3.63) is 89.7 Å². The first-order valence-corrected chi connectivity index (χ1v) is 9.92. The monoisotopic (exact) mass is 399 g/mol. The van der Waals surface area contributed by atoms with Crippen molar-refractivity contribution in [3.63, 3.8) is 0 Å². The molecule has 2 aromatic carbocycles. The van der Waals surface area contributed by atoms with Gasteiger partial charge < -0.3 is 0 Å². The highest BCUT2D eigenvalue weighted by molar-refractivity contribution is 6.24. The molecular weight excluding hydrogens is 378 g/mol. The van der Waals surface area contributed by atoms with Crippen LogP contribution in [0.5, 0.6) is 0 Å². The van der Waals surface area contributed by atoms with Gasteiger partial charge in [-0.15, -0.1) is 0 Å². The third kappa shape index (κ3) is 2.80. The first kappa shape index (κ1) is 18.5. The molecule has 0 spiro atoms. The summed E-state index contributed by atoms with van der Waals surface area (Å²) in [5.74, 6) is -1.20.